The highest BCUT2D eigenvalue weighted by atomic mass is 19.3. The summed E-state index contributed by atoms with van der Waals surface area (Å²) < 4.78 is 71.0. The molecule has 0 saturated carbocycles. The van der Waals surface area contributed by atoms with E-state index in [9.17, 15) is 26.7 Å². The van der Waals surface area contributed by atoms with E-state index in [2.05, 4.69) is 15.1 Å². The van der Waals surface area contributed by atoms with Crippen LogP contribution >= 0.6 is 0 Å². The molecule has 0 aliphatic carbocycles. The van der Waals surface area contributed by atoms with Crippen molar-refractivity contribution in [3.05, 3.63) is 48.1 Å². The van der Waals surface area contributed by atoms with E-state index in [4.69, 9.17) is 0 Å². The molecule has 12 heteroatoms. The van der Waals surface area contributed by atoms with Crippen LogP contribution < -0.4 is 0 Å². The van der Waals surface area contributed by atoms with Crippen molar-refractivity contribution in [2.45, 2.75) is 51.2 Å². The lowest BCUT2D eigenvalue weighted by Gasteiger charge is -2.21. The summed E-state index contributed by atoms with van der Waals surface area (Å²) in [7, 11) is 0. The Morgan fingerprint density at radius 1 is 0.917 bits per heavy atom. The average Bonchev–Trinajstić information content (AvgIpc) is 3.47. The van der Waals surface area contributed by atoms with Gasteiger partial charge < -0.3 is 4.90 Å². The van der Waals surface area contributed by atoms with E-state index in [0.29, 0.717) is 23.8 Å². The maximum absolute atomic E-state index is 14.6. The van der Waals surface area contributed by atoms with Gasteiger partial charge >= 0.3 is 0 Å². The highest BCUT2D eigenvalue weighted by molar-refractivity contribution is 5.99. The van der Waals surface area contributed by atoms with Crippen LogP contribution in [0.15, 0.2) is 30.7 Å². The fraction of sp³-hybridized carbons (Fsp3) is 0.417. The second kappa shape index (κ2) is 9.82. The van der Waals surface area contributed by atoms with Gasteiger partial charge in [0.05, 0.1) is 17.4 Å². The quantitative estimate of drug-likeness (QED) is 0.340. The molecule has 190 valence electrons. The van der Waals surface area contributed by atoms with Crippen LogP contribution in [0.4, 0.5) is 22.0 Å². The predicted octanol–water partition coefficient (Wildman–Crippen LogP) is 5.55. The second-order valence-corrected chi connectivity index (χ2v) is 8.84. The number of nitrogens with zero attached hydrogens (tertiary/aromatic N) is 6. The SMILES string of the molecule is O=C(c1cc2c(cn1)c(-c1cnc3c(F)cc(F)cn13)nn2C(F)C(F)F)N1CCCCCCCC1. The molecule has 0 N–H and O–H groups in total. The Bertz CT molecular complexity index is 1410. The Hall–Kier alpha value is -3.57. The van der Waals surface area contributed by atoms with Crippen molar-refractivity contribution in [3.8, 4) is 11.4 Å². The maximum Gasteiger partial charge on any atom is 0.289 e. The number of aromatic nitrogens is 5. The highest BCUT2D eigenvalue weighted by Gasteiger charge is 2.29. The third-order valence-corrected chi connectivity index (χ3v) is 6.42. The van der Waals surface area contributed by atoms with Crippen LogP contribution in [0.3, 0.4) is 0 Å². The van der Waals surface area contributed by atoms with E-state index in [1.807, 2.05) is 0 Å². The van der Waals surface area contributed by atoms with Crippen LogP contribution in [0.25, 0.3) is 27.9 Å². The number of hydrogen-bond donors (Lipinski definition) is 0. The molecule has 1 fully saturated rings. The minimum atomic E-state index is -3.40. The number of hydrogen-bond acceptors (Lipinski definition) is 4. The van der Waals surface area contributed by atoms with Gasteiger partial charge in [-0.25, -0.2) is 31.6 Å². The van der Waals surface area contributed by atoms with Gasteiger partial charge in [-0.3, -0.25) is 14.2 Å². The Kier molecular flexibility index (Phi) is 6.59. The molecule has 1 amide bonds. The standard InChI is InChI=1S/C24H23F5N6O/c25-14-9-16(26)23-31-12-19(34(23)13-14)20-15-11-30-17(10-18(15)35(32-20)22(29)21(27)28)24(36)33-7-5-3-1-2-4-6-8-33/h9-13,21-22H,1-8H2. The molecule has 1 atom stereocenters. The van der Waals surface area contributed by atoms with Gasteiger partial charge in [-0.2, -0.15) is 5.10 Å². The first kappa shape index (κ1) is 24.1. The summed E-state index contributed by atoms with van der Waals surface area (Å²) in [5, 5.41) is 4.14. The lowest BCUT2D eigenvalue weighted by atomic mass is 10.1. The third-order valence-electron chi connectivity index (χ3n) is 6.42. The molecule has 4 aromatic heterocycles. The van der Waals surface area contributed by atoms with Gasteiger partial charge in [0, 0.05) is 36.9 Å². The molecule has 0 aromatic carbocycles. The molecule has 1 aliphatic rings. The van der Waals surface area contributed by atoms with Crippen LogP contribution in [0, 0.1) is 11.6 Å². The second-order valence-electron chi connectivity index (χ2n) is 8.84. The van der Waals surface area contributed by atoms with Crippen molar-refractivity contribution >= 4 is 22.5 Å². The van der Waals surface area contributed by atoms with Crippen LogP contribution in [-0.4, -0.2) is 54.5 Å². The number of alkyl halides is 3. The third kappa shape index (κ3) is 4.40. The number of pyridine rings is 2. The molecule has 5 heterocycles. The van der Waals surface area contributed by atoms with E-state index in [1.165, 1.54) is 18.5 Å². The number of fused-ring (bicyclic) bond motifs is 2. The van der Waals surface area contributed by atoms with Gasteiger partial charge in [-0.05, 0) is 18.9 Å². The number of carbonyl (C=O) groups is 1. The number of amides is 1. The maximum atomic E-state index is 14.6. The monoisotopic (exact) mass is 506 g/mol. The average molecular weight is 506 g/mol. The van der Waals surface area contributed by atoms with E-state index in [1.54, 1.807) is 4.90 Å². The fourth-order valence-electron chi connectivity index (χ4n) is 4.61. The summed E-state index contributed by atoms with van der Waals surface area (Å²) in [5.41, 5.74) is -0.333. The van der Waals surface area contributed by atoms with Gasteiger partial charge in [-0.1, -0.05) is 25.7 Å². The molecule has 7 nitrogen and oxygen atoms in total. The van der Waals surface area contributed by atoms with E-state index < -0.39 is 24.4 Å². The zero-order valence-corrected chi connectivity index (χ0v) is 19.2. The van der Waals surface area contributed by atoms with Crippen LogP contribution in [-0.2, 0) is 0 Å². The highest BCUT2D eigenvalue weighted by Crippen LogP contribution is 2.33. The van der Waals surface area contributed by atoms with Crippen molar-refractivity contribution in [1.82, 2.24) is 29.0 Å². The summed E-state index contributed by atoms with van der Waals surface area (Å²) in [6.45, 7) is 1.09. The molecule has 5 rings (SSSR count). The van der Waals surface area contributed by atoms with Gasteiger partial charge in [0.25, 0.3) is 18.6 Å². The van der Waals surface area contributed by atoms with E-state index >= 15 is 0 Å². The van der Waals surface area contributed by atoms with Crippen LogP contribution in [0.5, 0.6) is 0 Å². The number of halogens is 5. The summed E-state index contributed by atoms with van der Waals surface area (Å²) in [6.07, 6.45) is 3.08. The Morgan fingerprint density at radius 3 is 2.31 bits per heavy atom. The number of rotatable bonds is 4. The normalized spacial score (nSPS) is 16.3. The molecule has 36 heavy (non-hydrogen) atoms. The molecule has 1 aliphatic heterocycles. The molecular weight excluding hydrogens is 483 g/mol. The topological polar surface area (TPSA) is 68.3 Å². The zero-order chi connectivity index (χ0) is 25.4. The Balaban J connectivity index is 1.62. The lowest BCUT2D eigenvalue weighted by molar-refractivity contribution is 0.00356. The summed E-state index contributed by atoms with van der Waals surface area (Å²) in [5.74, 6) is -2.20. The molecular formula is C24H23F5N6O. The molecule has 1 saturated heterocycles. The van der Waals surface area contributed by atoms with E-state index in [-0.39, 0.29) is 39.5 Å². The van der Waals surface area contributed by atoms with Crippen LogP contribution in [0.2, 0.25) is 0 Å². The van der Waals surface area contributed by atoms with Crippen LogP contribution in [0.1, 0.15) is 55.3 Å². The summed E-state index contributed by atoms with van der Waals surface area (Å²) >= 11 is 0. The molecule has 4 aromatic rings. The van der Waals surface area contributed by atoms with Crippen molar-refractivity contribution in [1.29, 1.82) is 0 Å². The summed E-state index contributed by atoms with van der Waals surface area (Å²) in [6, 6.07) is 1.89. The van der Waals surface area contributed by atoms with Crippen molar-refractivity contribution in [3.63, 3.8) is 0 Å². The lowest BCUT2D eigenvalue weighted by Crippen LogP contribution is -2.33. The molecule has 1 unspecified atom stereocenters. The zero-order valence-electron chi connectivity index (χ0n) is 19.2. The first-order valence-electron chi connectivity index (χ1n) is 11.8. The minimum absolute atomic E-state index is 0.0221. The first-order valence-corrected chi connectivity index (χ1v) is 11.8. The number of carbonyl (C=O) groups excluding carboxylic acids is 1. The van der Waals surface area contributed by atoms with Gasteiger partial charge in [0.1, 0.15) is 17.2 Å². The molecule has 0 spiro atoms. The van der Waals surface area contributed by atoms with E-state index in [0.717, 1.165) is 49.1 Å². The minimum Gasteiger partial charge on any atom is -0.337 e. The molecule has 0 bridgehead atoms. The smallest absolute Gasteiger partial charge is 0.289 e. The Morgan fingerprint density at radius 2 is 1.61 bits per heavy atom. The largest absolute Gasteiger partial charge is 0.337 e. The predicted molar refractivity (Wildman–Crippen MR) is 121 cm³/mol. The van der Waals surface area contributed by atoms with Crippen molar-refractivity contribution in [2.24, 2.45) is 0 Å². The Labute approximate surface area is 202 Å². The first-order chi connectivity index (χ1) is 17.3. The molecule has 0 radical (unpaired) electrons. The van der Waals surface area contributed by atoms with Gasteiger partial charge in [0.15, 0.2) is 11.5 Å². The van der Waals surface area contributed by atoms with Gasteiger partial charge in [-0.15, -0.1) is 0 Å². The van der Waals surface area contributed by atoms with Gasteiger partial charge in [0.2, 0.25) is 0 Å². The van der Waals surface area contributed by atoms with Crippen molar-refractivity contribution < 1.29 is 26.7 Å². The van der Waals surface area contributed by atoms with Crippen molar-refractivity contribution in [2.75, 3.05) is 13.1 Å². The number of imidazole rings is 1. The fourth-order valence-corrected chi connectivity index (χ4v) is 4.61. The summed E-state index contributed by atoms with van der Waals surface area (Å²) in [4.78, 5) is 23.0.